The summed E-state index contributed by atoms with van der Waals surface area (Å²) in [5, 5.41) is 0. The maximum absolute atomic E-state index is 10.4. The van der Waals surface area contributed by atoms with E-state index in [0.29, 0.717) is 5.76 Å². The zero-order valence-electron chi connectivity index (χ0n) is 5.94. The zero-order valence-corrected chi connectivity index (χ0v) is 6.76. The minimum atomic E-state index is -3.39. The van der Waals surface area contributed by atoms with Crippen LogP contribution < -0.4 is 0 Å². The lowest BCUT2D eigenvalue weighted by molar-refractivity contribution is 0.0718. The summed E-state index contributed by atoms with van der Waals surface area (Å²) in [6, 6.07) is 0. The molecule has 0 unspecified atom stereocenters. The molecule has 0 saturated carbocycles. The summed E-state index contributed by atoms with van der Waals surface area (Å²) in [4.78, 5) is 0. The van der Waals surface area contributed by atoms with Crippen LogP contribution in [-0.4, -0.2) is 28.1 Å². The molecule has 11 heavy (non-hydrogen) atoms. The van der Waals surface area contributed by atoms with E-state index in [9.17, 15) is 8.42 Å². The number of hydrogen-bond donors (Lipinski definition) is 0. The van der Waals surface area contributed by atoms with Crippen molar-refractivity contribution < 1.29 is 22.1 Å². The molecule has 0 aliphatic carbocycles. The van der Waals surface area contributed by atoms with Crippen molar-refractivity contribution in [3.05, 3.63) is 12.0 Å². The van der Waals surface area contributed by atoms with Crippen molar-refractivity contribution in [1.82, 2.24) is 0 Å². The predicted octanol–water partition coefficient (Wildman–Crippen LogP) is -0.192. The first-order valence-corrected chi connectivity index (χ1v) is 4.67. The molecule has 5 nitrogen and oxygen atoms in total. The van der Waals surface area contributed by atoms with Gasteiger partial charge in [-0.15, -0.1) is 0 Å². The Bertz CT molecular complexity index is 252. The summed E-state index contributed by atoms with van der Waals surface area (Å²) in [5.41, 5.74) is 0. The molecule has 0 radical (unpaired) electrons. The van der Waals surface area contributed by atoms with Crippen LogP contribution in [0.2, 0.25) is 0 Å². The van der Waals surface area contributed by atoms with Crippen LogP contribution in [0.4, 0.5) is 0 Å². The average Bonchev–Trinajstić information content (AvgIpc) is 2.32. The second-order valence-corrected chi connectivity index (χ2v) is 3.62. The van der Waals surface area contributed by atoms with E-state index < -0.39 is 10.1 Å². The molecule has 0 aromatic rings. The van der Waals surface area contributed by atoms with Crippen LogP contribution in [0.1, 0.15) is 0 Å². The Morgan fingerprint density at radius 2 is 2.45 bits per heavy atom. The van der Waals surface area contributed by atoms with Crippen molar-refractivity contribution in [1.29, 1.82) is 0 Å². The maximum atomic E-state index is 10.4. The molecule has 0 bridgehead atoms. The molecule has 6 heteroatoms. The third kappa shape index (κ3) is 3.24. The lowest BCUT2D eigenvalue weighted by atomic mass is 10.6. The Hall–Kier alpha value is -0.750. The highest BCUT2D eigenvalue weighted by Crippen LogP contribution is 2.07. The van der Waals surface area contributed by atoms with E-state index in [1.54, 1.807) is 0 Å². The first-order valence-electron chi connectivity index (χ1n) is 2.86. The molecule has 0 aromatic heterocycles. The molecular weight excluding hydrogens is 172 g/mol. The van der Waals surface area contributed by atoms with Gasteiger partial charge in [0.15, 0.2) is 5.76 Å². The van der Waals surface area contributed by atoms with Gasteiger partial charge in [0.2, 0.25) is 6.79 Å². The fourth-order valence-electron chi connectivity index (χ4n) is 0.511. The number of hydrogen-bond acceptors (Lipinski definition) is 5. The highest BCUT2D eigenvalue weighted by Gasteiger charge is 2.09. The van der Waals surface area contributed by atoms with Gasteiger partial charge in [0.1, 0.15) is 12.9 Å². The first-order chi connectivity index (χ1) is 5.08. The van der Waals surface area contributed by atoms with Crippen LogP contribution in [0.5, 0.6) is 0 Å². The van der Waals surface area contributed by atoms with Crippen molar-refractivity contribution in [2.45, 2.75) is 0 Å². The van der Waals surface area contributed by atoms with E-state index >= 15 is 0 Å². The zero-order chi connectivity index (χ0) is 8.32. The Kier molecular flexibility index (Phi) is 2.35. The van der Waals surface area contributed by atoms with Gasteiger partial charge in [-0.2, -0.15) is 8.42 Å². The van der Waals surface area contributed by atoms with E-state index in [-0.39, 0.29) is 13.4 Å². The van der Waals surface area contributed by atoms with Crippen molar-refractivity contribution in [2.24, 2.45) is 0 Å². The molecule has 0 saturated heterocycles. The molecule has 1 heterocycles. The molecule has 0 aromatic carbocycles. The molecule has 64 valence electrons. The highest BCUT2D eigenvalue weighted by atomic mass is 32.2. The van der Waals surface area contributed by atoms with E-state index in [4.69, 9.17) is 4.74 Å². The van der Waals surface area contributed by atoms with Crippen molar-refractivity contribution in [2.75, 3.05) is 19.7 Å². The van der Waals surface area contributed by atoms with Crippen molar-refractivity contribution in [3.8, 4) is 0 Å². The summed E-state index contributed by atoms with van der Waals surface area (Å²) < 4.78 is 34.8. The fraction of sp³-hybridized carbons (Fsp3) is 0.600. The molecule has 1 aliphatic rings. The second kappa shape index (κ2) is 3.10. The average molecular weight is 180 g/mol. The topological polar surface area (TPSA) is 61.8 Å². The van der Waals surface area contributed by atoms with Crippen molar-refractivity contribution >= 4 is 10.1 Å². The number of ether oxygens (including phenoxy) is 2. The molecule has 0 atom stereocenters. The van der Waals surface area contributed by atoms with E-state index in [1.165, 1.54) is 6.26 Å². The lowest BCUT2D eigenvalue weighted by Gasteiger charge is -1.99. The predicted molar refractivity (Wildman–Crippen MR) is 35.9 cm³/mol. The van der Waals surface area contributed by atoms with Gasteiger partial charge < -0.3 is 9.47 Å². The van der Waals surface area contributed by atoms with Gasteiger partial charge in [-0.3, -0.25) is 4.18 Å². The van der Waals surface area contributed by atoms with E-state index in [0.717, 1.165) is 6.26 Å². The smallest absolute Gasteiger partial charge is 0.264 e. The molecule has 1 aliphatic heterocycles. The van der Waals surface area contributed by atoms with Gasteiger partial charge in [-0.05, 0) is 0 Å². The molecule has 0 spiro atoms. The Morgan fingerprint density at radius 3 is 2.91 bits per heavy atom. The van der Waals surface area contributed by atoms with Crippen LogP contribution in [0.15, 0.2) is 12.0 Å². The molecule has 1 rings (SSSR count). The Morgan fingerprint density at radius 1 is 1.73 bits per heavy atom. The van der Waals surface area contributed by atoms with Gasteiger partial charge in [0.05, 0.1) is 6.26 Å². The largest absolute Gasteiger partial charge is 0.462 e. The van der Waals surface area contributed by atoms with Gasteiger partial charge in [-0.1, -0.05) is 0 Å². The third-order valence-corrected chi connectivity index (χ3v) is 1.49. The van der Waals surface area contributed by atoms with E-state index in [1.807, 2.05) is 0 Å². The molecular formula is C5H8O5S. The number of rotatable bonds is 3. The molecule has 0 N–H and O–H groups in total. The van der Waals surface area contributed by atoms with Crippen molar-refractivity contribution in [3.63, 3.8) is 0 Å². The van der Waals surface area contributed by atoms with Gasteiger partial charge in [-0.25, -0.2) is 0 Å². The SMILES string of the molecule is CS(=O)(=O)OCC1=COCO1. The van der Waals surface area contributed by atoms with Gasteiger partial charge >= 0.3 is 0 Å². The van der Waals surface area contributed by atoms with Crippen LogP contribution >= 0.6 is 0 Å². The summed E-state index contributed by atoms with van der Waals surface area (Å²) in [6.07, 6.45) is 2.30. The fourth-order valence-corrected chi connectivity index (χ4v) is 0.842. The monoisotopic (exact) mass is 180 g/mol. The van der Waals surface area contributed by atoms with Crippen LogP contribution in [0, 0.1) is 0 Å². The summed E-state index contributed by atoms with van der Waals surface area (Å²) >= 11 is 0. The molecule has 0 amide bonds. The summed E-state index contributed by atoms with van der Waals surface area (Å²) in [6.45, 7) is 0.0291. The summed E-state index contributed by atoms with van der Waals surface area (Å²) in [5.74, 6) is 0.385. The standard InChI is InChI=1S/C5H8O5S/c1-11(6,7)10-3-5-2-8-4-9-5/h2H,3-4H2,1H3. The third-order valence-electron chi connectivity index (χ3n) is 0.942. The minimum Gasteiger partial charge on any atom is -0.462 e. The minimum absolute atomic E-state index is 0.0984. The van der Waals surface area contributed by atoms with E-state index in [2.05, 4.69) is 8.92 Å². The van der Waals surface area contributed by atoms with Crippen LogP contribution in [0.3, 0.4) is 0 Å². The van der Waals surface area contributed by atoms with Crippen LogP contribution in [-0.2, 0) is 23.8 Å². The molecule has 0 fully saturated rings. The lowest BCUT2D eigenvalue weighted by Crippen LogP contribution is -2.06. The Labute approximate surface area is 64.7 Å². The maximum Gasteiger partial charge on any atom is 0.264 e. The normalized spacial score (nSPS) is 17.0. The Balaban J connectivity index is 2.33. The summed E-state index contributed by atoms with van der Waals surface area (Å²) in [7, 11) is -3.39. The second-order valence-electron chi connectivity index (χ2n) is 1.98. The quantitative estimate of drug-likeness (QED) is 0.563. The van der Waals surface area contributed by atoms with Gasteiger partial charge in [0, 0.05) is 0 Å². The van der Waals surface area contributed by atoms with Gasteiger partial charge in [0.25, 0.3) is 10.1 Å². The first kappa shape index (κ1) is 8.35. The highest BCUT2D eigenvalue weighted by molar-refractivity contribution is 7.85. The van der Waals surface area contributed by atoms with Crippen LogP contribution in [0.25, 0.3) is 0 Å².